The second kappa shape index (κ2) is 6.23. The summed E-state index contributed by atoms with van der Waals surface area (Å²) in [6, 6.07) is 24.9. The van der Waals surface area contributed by atoms with E-state index in [0.29, 0.717) is 6.54 Å². The van der Waals surface area contributed by atoms with Crippen LogP contribution in [0, 0.1) is 5.82 Å². The highest BCUT2D eigenvalue weighted by Gasteiger charge is 2.06. The summed E-state index contributed by atoms with van der Waals surface area (Å²) in [6.07, 6.45) is 0. The predicted molar refractivity (Wildman–Crippen MR) is 85.6 cm³/mol. The van der Waals surface area contributed by atoms with Gasteiger partial charge >= 0.3 is 0 Å². The summed E-state index contributed by atoms with van der Waals surface area (Å²) < 4.78 is 13.6. The van der Waals surface area contributed by atoms with Gasteiger partial charge in [0.05, 0.1) is 0 Å². The summed E-state index contributed by atoms with van der Waals surface area (Å²) in [6.45, 7) is 0.715. The first-order valence-electron chi connectivity index (χ1n) is 6.96. The minimum atomic E-state index is -0.223. The molecule has 0 radical (unpaired) electrons. The van der Waals surface area contributed by atoms with Crippen LogP contribution in [0.15, 0.2) is 78.9 Å². The molecular formula is C19H16FN. The third-order valence-corrected chi connectivity index (χ3v) is 3.39. The molecular weight excluding hydrogens is 261 g/mol. The van der Waals surface area contributed by atoms with Gasteiger partial charge in [0.1, 0.15) is 5.82 Å². The molecule has 3 rings (SSSR count). The molecule has 0 unspecified atom stereocenters. The molecule has 104 valence electrons. The number of anilines is 1. The first-order chi connectivity index (χ1) is 10.3. The van der Waals surface area contributed by atoms with Crippen molar-refractivity contribution in [2.24, 2.45) is 0 Å². The third-order valence-electron chi connectivity index (χ3n) is 3.39. The molecule has 0 bridgehead atoms. The summed E-state index contributed by atoms with van der Waals surface area (Å²) >= 11 is 0. The van der Waals surface area contributed by atoms with Crippen molar-refractivity contribution < 1.29 is 4.39 Å². The minimum absolute atomic E-state index is 0.223. The van der Waals surface area contributed by atoms with Gasteiger partial charge in [-0.1, -0.05) is 60.7 Å². The van der Waals surface area contributed by atoms with Crippen molar-refractivity contribution in [3.63, 3.8) is 0 Å². The third kappa shape index (κ3) is 3.29. The largest absolute Gasteiger partial charge is 0.380 e. The van der Waals surface area contributed by atoms with Crippen LogP contribution < -0.4 is 5.32 Å². The normalized spacial score (nSPS) is 10.3. The maximum absolute atomic E-state index is 13.6. The zero-order valence-corrected chi connectivity index (χ0v) is 11.6. The van der Waals surface area contributed by atoms with Crippen LogP contribution in [0.25, 0.3) is 11.1 Å². The highest BCUT2D eigenvalue weighted by molar-refractivity contribution is 5.77. The van der Waals surface area contributed by atoms with Gasteiger partial charge in [0, 0.05) is 17.8 Å². The van der Waals surface area contributed by atoms with E-state index in [1.165, 1.54) is 11.6 Å². The number of halogens is 1. The van der Waals surface area contributed by atoms with Gasteiger partial charge in [-0.25, -0.2) is 4.39 Å². The Kier molecular flexibility index (Phi) is 3.97. The number of hydrogen-bond donors (Lipinski definition) is 1. The molecule has 1 N–H and O–H groups in total. The van der Waals surface area contributed by atoms with Crippen molar-refractivity contribution in [1.29, 1.82) is 0 Å². The first kappa shape index (κ1) is 13.4. The van der Waals surface area contributed by atoms with Gasteiger partial charge in [0.25, 0.3) is 0 Å². The van der Waals surface area contributed by atoms with E-state index in [2.05, 4.69) is 17.4 Å². The maximum atomic E-state index is 13.6. The molecule has 0 saturated carbocycles. The maximum Gasteiger partial charge on any atom is 0.123 e. The highest BCUT2D eigenvalue weighted by atomic mass is 19.1. The molecule has 1 nitrogen and oxygen atoms in total. The van der Waals surface area contributed by atoms with Crippen LogP contribution in [0.2, 0.25) is 0 Å². The summed E-state index contributed by atoms with van der Waals surface area (Å²) in [4.78, 5) is 0. The molecule has 2 heteroatoms. The van der Waals surface area contributed by atoms with E-state index in [-0.39, 0.29) is 5.82 Å². The Hall–Kier alpha value is -2.61. The Balaban J connectivity index is 1.88. The van der Waals surface area contributed by atoms with Crippen LogP contribution in [-0.4, -0.2) is 0 Å². The molecule has 0 heterocycles. The molecule has 0 fully saturated rings. The molecule has 0 atom stereocenters. The molecule has 0 aromatic heterocycles. The summed E-state index contributed by atoms with van der Waals surface area (Å²) in [5.41, 5.74) is 4.02. The van der Waals surface area contributed by atoms with Crippen LogP contribution in [-0.2, 0) is 6.54 Å². The topological polar surface area (TPSA) is 12.0 Å². The Morgan fingerprint density at radius 3 is 2.14 bits per heavy atom. The van der Waals surface area contributed by atoms with Crippen molar-refractivity contribution in [1.82, 2.24) is 0 Å². The van der Waals surface area contributed by atoms with E-state index in [0.717, 1.165) is 16.8 Å². The number of benzene rings is 3. The molecule has 0 saturated heterocycles. The van der Waals surface area contributed by atoms with Crippen molar-refractivity contribution in [2.45, 2.75) is 6.54 Å². The molecule has 3 aromatic carbocycles. The number of nitrogens with one attached hydrogen (secondary N) is 1. The van der Waals surface area contributed by atoms with E-state index >= 15 is 0 Å². The molecule has 21 heavy (non-hydrogen) atoms. The van der Waals surface area contributed by atoms with Crippen molar-refractivity contribution in [2.75, 3.05) is 5.32 Å². The van der Waals surface area contributed by atoms with E-state index < -0.39 is 0 Å². The average molecular weight is 277 g/mol. The quantitative estimate of drug-likeness (QED) is 0.699. The number of rotatable bonds is 4. The van der Waals surface area contributed by atoms with Crippen LogP contribution >= 0.6 is 0 Å². The fourth-order valence-corrected chi connectivity index (χ4v) is 2.32. The molecule has 0 amide bonds. The standard InChI is InChI=1S/C19H16FN/c20-17-11-12-19(21-14-15-7-3-1-4-8-15)18(13-17)16-9-5-2-6-10-16/h1-13,21H,14H2. The van der Waals surface area contributed by atoms with Crippen molar-refractivity contribution in [3.8, 4) is 11.1 Å². The van der Waals surface area contributed by atoms with Crippen LogP contribution in [0.4, 0.5) is 10.1 Å². The van der Waals surface area contributed by atoms with Crippen LogP contribution in [0.1, 0.15) is 5.56 Å². The van der Waals surface area contributed by atoms with Crippen molar-refractivity contribution >= 4 is 5.69 Å². The van der Waals surface area contributed by atoms with Gasteiger partial charge in [0.2, 0.25) is 0 Å². The molecule has 0 spiro atoms. The lowest BCUT2D eigenvalue weighted by atomic mass is 10.0. The first-order valence-corrected chi connectivity index (χ1v) is 6.96. The van der Waals surface area contributed by atoms with Gasteiger partial charge < -0.3 is 5.32 Å². The van der Waals surface area contributed by atoms with E-state index in [4.69, 9.17) is 0 Å². The summed E-state index contributed by atoms with van der Waals surface area (Å²) in [5.74, 6) is -0.223. The highest BCUT2D eigenvalue weighted by Crippen LogP contribution is 2.29. The van der Waals surface area contributed by atoms with E-state index in [1.807, 2.05) is 48.5 Å². The molecule has 0 aliphatic rings. The van der Waals surface area contributed by atoms with Crippen LogP contribution in [0.3, 0.4) is 0 Å². The fraction of sp³-hybridized carbons (Fsp3) is 0.0526. The minimum Gasteiger partial charge on any atom is -0.380 e. The Bertz CT molecular complexity index is 708. The van der Waals surface area contributed by atoms with Gasteiger partial charge in [-0.3, -0.25) is 0 Å². The second-order valence-electron chi connectivity index (χ2n) is 4.90. The average Bonchev–Trinajstić information content (AvgIpc) is 2.55. The van der Waals surface area contributed by atoms with Gasteiger partial charge in [0.15, 0.2) is 0 Å². The SMILES string of the molecule is Fc1ccc(NCc2ccccc2)c(-c2ccccc2)c1. The van der Waals surface area contributed by atoms with Crippen molar-refractivity contribution in [3.05, 3.63) is 90.2 Å². The smallest absolute Gasteiger partial charge is 0.123 e. The monoisotopic (exact) mass is 277 g/mol. The molecule has 3 aromatic rings. The number of hydrogen-bond acceptors (Lipinski definition) is 1. The van der Waals surface area contributed by atoms with Gasteiger partial charge in [-0.05, 0) is 29.3 Å². The van der Waals surface area contributed by atoms with E-state index in [9.17, 15) is 4.39 Å². The Labute approximate surface area is 124 Å². The fourth-order valence-electron chi connectivity index (χ4n) is 2.32. The van der Waals surface area contributed by atoms with Gasteiger partial charge in [-0.15, -0.1) is 0 Å². The summed E-state index contributed by atoms with van der Waals surface area (Å²) in [5, 5.41) is 3.39. The second-order valence-corrected chi connectivity index (χ2v) is 4.90. The zero-order valence-electron chi connectivity index (χ0n) is 11.6. The lowest BCUT2D eigenvalue weighted by Gasteiger charge is -2.12. The Morgan fingerprint density at radius 1 is 0.762 bits per heavy atom. The van der Waals surface area contributed by atoms with Crippen LogP contribution in [0.5, 0.6) is 0 Å². The Morgan fingerprint density at radius 2 is 1.43 bits per heavy atom. The summed E-state index contributed by atoms with van der Waals surface area (Å²) in [7, 11) is 0. The molecule has 0 aliphatic heterocycles. The lowest BCUT2D eigenvalue weighted by molar-refractivity contribution is 0.628. The predicted octanol–water partition coefficient (Wildman–Crippen LogP) is 5.10. The lowest BCUT2D eigenvalue weighted by Crippen LogP contribution is -2.01. The zero-order chi connectivity index (χ0) is 14.5. The van der Waals surface area contributed by atoms with E-state index in [1.54, 1.807) is 12.1 Å². The molecule has 0 aliphatic carbocycles. The van der Waals surface area contributed by atoms with Gasteiger partial charge in [-0.2, -0.15) is 0 Å².